The van der Waals surface area contributed by atoms with Gasteiger partial charge >= 0.3 is 0 Å². The standard InChI is InChI=1S/C15H19F2NO/c1-3-8-18(12-5-6-12)10(2)15(19)11-4-7-13(16)14(17)9-11/h4,7,9-10,12H,3,5-6,8H2,1-2H3. The number of carbonyl (C=O) groups is 1. The van der Waals surface area contributed by atoms with Crippen LogP contribution >= 0.6 is 0 Å². The molecule has 0 saturated heterocycles. The SMILES string of the molecule is CCCN(C1CC1)C(C)C(=O)c1ccc(F)c(F)c1. The minimum atomic E-state index is -0.966. The molecule has 2 nitrogen and oxygen atoms in total. The number of hydrogen-bond acceptors (Lipinski definition) is 2. The lowest BCUT2D eigenvalue weighted by Crippen LogP contribution is -2.41. The Kier molecular flexibility index (Phi) is 4.30. The fourth-order valence-electron chi connectivity index (χ4n) is 2.40. The summed E-state index contributed by atoms with van der Waals surface area (Å²) in [4.78, 5) is 14.5. The predicted molar refractivity (Wildman–Crippen MR) is 70.2 cm³/mol. The second-order valence-electron chi connectivity index (χ2n) is 5.14. The van der Waals surface area contributed by atoms with E-state index >= 15 is 0 Å². The monoisotopic (exact) mass is 267 g/mol. The van der Waals surface area contributed by atoms with Gasteiger partial charge in [-0.05, 0) is 50.9 Å². The molecule has 0 heterocycles. The molecule has 0 N–H and O–H groups in total. The van der Waals surface area contributed by atoms with E-state index in [1.54, 1.807) is 0 Å². The van der Waals surface area contributed by atoms with Crippen LogP contribution in [0.2, 0.25) is 0 Å². The summed E-state index contributed by atoms with van der Waals surface area (Å²) in [6.07, 6.45) is 3.22. The maximum absolute atomic E-state index is 13.2. The summed E-state index contributed by atoms with van der Waals surface area (Å²) in [5.74, 6) is -2.03. The maximum atomic E-state index is 13.2. The minimum Gasteiger partial charge on any atom is -0.292 e. The van der Waals surface area contributed by atoms with E-state index in [1.807, 2.05) is 6.92 Å². The highest BCUT2D eigenvalue weighted by atomic mass is 19.2. The molecule has 0 amide bonds. The van der Waals surface area contributed by atoms with Crippen molar-refractivity contribution in [2.24, 2.45) is 0 Å². The summed E-state index contributed by atoms with van der Waals surface area (Å²) in [7, 11) is 0. The van der Waals surface area contributed by atoms with Crippen LogP contribution in [0.15, 0.2) is 18.2 Å². The zero-order valence-corrected chi connectivity index (χ0v) is 11.3. The van der Waals surface area contributed by atoms with Crippen LogP contribution in [0, 0.1) is 11.6 Å². The van der Waals surface area contributed by atoms with Crippen molar-refractivity contribution in [3.8, 4) is 0 Å². The van der Waals surface area contributed by atoms with E-state index in [2.05, 4.69) is 11.8 Å². The highest BCUT2D eigenvalue weighted by molar-refractivity contribution is 5.99. The van der Waals surface area contributed by atoms with Crippen LogP contribution in [-0.4, -0.2) is 29.3 Å². The molecule has 0 spiro atoms. The fourth-order valence-corrected chi connectivity index (χ4v) is 2.40. The first kappa shape index (κ1) is 14.1. The van der Waals surface area contributed by atoms with Gasteiger partial charge in [0.1, 0.15) is 0 Å². The molecule has 1 unspecified atom stereocenters. The van der Waals surface area contributed by atoms with E-state index in [0.717, 1.165) is 37.9 Å². The van der Waals surface area contributed by atoms with Crippen molar-refractivity contribution in [3.05, 3.63) is 35.4 Å². The Balaban J connectivity index is 2.14. The Bertz CT molecular complexity index is 471. The molecule has 0 bridgehead atoms. The first-order valence-corrected chi connectivity index (χ1v) is 6.79. The summed E-state index contributed by atoms with van der Waals surface area (Å²) < 4.78 is 26.1. The third-order valence-electron chi connectivity index (χ3n) is 3.58. The van der Waals surface area contributed by atoms with Crippen LogP contribution in [0.1, 0.15) is 43.5 Å². The highest BCUT2D eigenvalue weighted by Crippen LogP contribution is 2.29. The third-order valence-corrected chi connectivity index (χ3v) is 3.58. The van der Waals surface area contributed by atoms with E-state index in [4.69, 9.17) is 0 Å². The molecule has 19 heavy (non-hydrogen) atoms. The topological polar surface area (TPSA) is 20.3 Å². The van der Waals surface area contributed by atoms with Crippen molar-refractivity contribution in [2.45, 2.75) is 45.2 Å². The van der Waals surface area contributed by atoms with Gasteiger partial charge in [0.05, 0.1) is 6.04 Å². The molecular formula is C15H19F2NO. The second-order valence-corrected chi connectivity index (χ2v) is 5.14. The number of Topliss-reactive ketones (excluding diaryl/α,β-unsaturated/α-hetero) is 1. The van der Waals surface area contributed by atoms with Crippen molar-refractivity contribution < 1.29 is 13.6 Å². The highest BCUT2D eigenvalue weighted by Gasteiger charge is 2.34. The molecule has 2 rings (SSSR count). The van der Waals surface area contributed by atoms with Gasteiger partial charge in [0.2, 0.25) is 0 Å². The van der Waals surface area contributed by atoms with E-state index < -0.39 is 11.6 Å². The minimum absolute atomic E-state index is 0.140. The quantitative estimate of drug-likeness (QED) is 0.736. The summed E-state index contributed by atoms with van der Waals surface area (Å²) in [5.41, 5.74) is 0.244. The molecule has 1 aromatic rings. The number of nitrogens with zero attached hydrogens (tertiary/aromatic N) is 1. The zero-order valence-electron chi connectivity index (χ0n) is 11.3. The molecule has 1 fully saturated rings. The van der Waals surface area contributed by atoms with E-state index in [1.165, 1.54) is 6.07 Å². The number of halogens is 2. The lowest BCUT2D eigenvalue weighted by Gasteiger charge is -2.27. The van der Waals surface area contributed by atoms with Gasteiger partial charge < -0.3 is 0 Å². The van der Waals surface area contributed by atoms with Crippen LogP contribution in [-0.2, 0) is 0 Å². The Labute approximate surface area is 112 Å². The van der Waals surface area contributed by atoms with Crippen molar-refractivity contribution in [3.63, 3.8) is 0 Å². The lowest BCUT2D eigenvalue weighted by atomic mass is 10.0. The van der Waals surface area contributed by atoms with Gasteiger partial charge in [-0.1, -0.05) is 6.92 Å². The van der Waals surface area contributed by atoms with Crippen molar-refractivity contribution in [2.75, 3.05) is 6.54 Å². The zero-order chi connectivity index (χ0) is 14.0. The Hall–Kier alpha value is -1.29. The number of carbonyl (C=O) groups excluding carboxylic acids is 1. The third kappa shape index (κ3) is 3.18. The molecule has 0 aliphatic heterocycles. The molecule has 4 heteroatoms. The number of rotatable bonds is 6. The van der Waals surface area contributed by atoms with Gasteiger partial charge in [0.15, 0.2) is 17.4 Å². The van der Waals surface area contributed by atoms with Crippen molar-refractivity contribution >= 4 is 5.78 Å². The average Bonchev–Trinajstić information content (AvgIpc) is 3.22. The van der Waals surface area contributed by atoms with Gasteiger partial charge in [-0.25, -0.2) is 8.78 Å². The van der Waals surface area contributed by atoms with Crippen molar-refractivity contribution in [1.29, 1.82) is 0 Å². The molecule has 1 aliphatic carbocycles. The van der Waals surface area contributed by atoms with Crippen molar-refractivity contribution in [1.82, 2.24) is 4.90 Å². The summed E-state index contributed by atoms with van der Waals surface area (Å²) >= 11 is 0. The summed E-state index contributed by atoms with van der Waals surface area (Å²) in [6, 6.07) is 3.55. The van der Waals surface area contributed by atoms with E-state index in [-0.39, 0.29) is 17.4 Å². The molecule has 1 aromatic carbocycles. The molecule has 1 saturated carbocycles. The number of benzene rings is 1. The van der Waals surface area contributed by atoms with Gasteiger partial charge in [-0.3, -0.25) is 9.69 Å². The normalized spacial score (nSPS) is 16.7. The smallest absolute Gasteiger partial charge is 0.179 e. The van der Waals surface area contributed by atoms with Crippen LogP contribution < -0.4 is 0 Å². The fraction of sp³-hybridized carbons (Fsp3) is 0.533. The molecule has 104 valence electrons. The van der Waals surface area contributed by atoms with E-state index in [0.29, 0.717) is 6.04 Å². The van der Waals surface area contributed by atoms with Gasteiger partial charge in [0.25, 0.3) is 0 Å². The largest absolute Gasteiger partial charge is 0.292 e. The Morgan fingerprint density at radius 1 is 1.37 bits per heavy atom. The Morgan fingerprint density at radius 3 is 2.58 bits per heavy atom. The molecule has 1 atom stereocenters. The van der Waals surface area contributed by atoms with Gasteiger partial charge in [-0.15, -0.1) is 0 Å². The lowest BCUT2D eigenvalue weighted by molar-refractivity contribution is 0.0826. The van der Waals surface area contributed by atoms with Gasteiger partial charge in [-0.2, -0.15) is 0 Å². The van der Waals surface area contributed by atoms with Gasteiger partial charge in [0, 0.05) is 11.6 Å². The first-order chi connectivity index (χ1) is 9.04. The predicted octanol–water partition coefficient (Wildman–Crippen LogP) is 3.41. The molecule has 0 radical (unpaired) electrons. The molecular weight excluding hydrogens is 248 g/mol. The average molecular weight is 267 g/mol. The summed E-state index contributed by atoms with van der Waals surface area (Å²) in [6.45, 7) is 4.78. The molecule has 0 aromatic heterocycles. The second kappa shape index (κ2) is 5.78. The number of hydrogen-bond donors (Lipinski definition) is 0. The first-order valence-electron chi connectivity index (χ1n) is 6.79. The molecule has 1 aliphatic rings. The number of ketones is 1. The van der Waals surface area contributed by atoms with E-state index in [9.17, 15) is 13.6 Å². The van der Waals surface area contributed by atoms with Crippen LogP contribution in [0.3, 0.4) is 0 Å². The Morgan fingerprint density at radius 2 is 2.05 bits per heavy atom. The maximum Gasteiger partial charge on any atom is 0.179 e. The van der Waals surface area contributed by atoms with Crippen LogP contribution in [0.5, 0.6) is 0 Å². The van der Waals surface area contributed by atoms with Crippen LogP contribution in [0.4, 0.5) is 8.78 Å². The summed E-state index contributed by atoms with van der Waals surface area (Å²) in [5, 5.41) is 0. The van der Waals surface area contributed by atoms with Crippen LogP contribution in [0.25, 0.3) is 0 Å².